The number of ether oxygens (including phenoxy) is 1. The van der Waals surface area contributed by atoms with Gasteiger partial charge in [-0.1, -0.05) is 31.2 Å². The molecular weight excluding hydrogens is 468 g/mol. The van der Waals surface area contributed by atoms with Crippen molar-refractivity contribution in [2.45, 2.75) is 53.0 Å². The Balaban J connectivity index is 1.48. The van der Waals surface area contributed by atoms with Gasteiger partial charge >= 0.3 is 5.97 Å². The number of pyridine rings is 1. The van der Waals surface area contributed by atoms with Crippen LogP contribution in [0.15, 0.2) is 47.8 Å². The lowest BCUT2D eigenvalue weighted by atomic mass is 9.86. The Morgan fingerprint density at radius 1 is 1.14 bits per heavy atom. The van der Waals surface area contributed by atoms with Gasteiger partial charge in [0.2, 0.25) is 5.78 Å². The second kappa shape index (κ2) is 10.2. The van der Waals surface area contributed by atoms with Crippen LogP contribution < -0.4 is 0 Å². The van der Waals surface area contributed by atoms with Gasteiger partial charge in [0.15, 0.2) is 6.61 Å². The second-order valence-corrected chi connectivity index (χ2v) is 10.3. The average Bonchev–Trinajstić information content (AvgIpc) is 3.49. The maximum absolute atomic E-state index is 13.5. The number of aryl methyl sites for hydroxylation is 1. The third kappa shape index (κ3) is 4.53. The summed E-state index contributed by atoms with van der Waals surface area (Å²) in [4.78, 5) is 32.7. The fourth-order valence-corrected chi connectivity index (χ4v) is 5.87. The first-order chi connectivity index (χ1) is 17.5. The largest absolute Gasteiger partial charge is 0.454 e. The minimum Gasteiger partial charge on any atom is -0.454 e. The smallest absolute Gasteiger partial charge is 0.339 e. The number of benzene rings is 1. The first-order valence-corrected chi connectivity index (χ1v) is 13.4. The van der Waals surface area contributed by atoms with Gasteiger partial charge < -0.3 is 9.30 Å². The van der Waals surface area contributed by atoms with Crippen LogP contribution in [-0.4, -0.2) is 27.9 Å². The summed E-state index contributed by atoms with van der Waals surface area (Å²) in [6, 6.07) is 13.7. The number of para-hydroxylation sites is 1. The Hall–Kier alpha value is -3.51. The number of thiophene rings is 1. The molecule has 0 aliphatic heterocycles. The lowest BCUT2D eigenvalue weighted by Gasteiger charge is -2.22. The molecule has 0 radical (unpaired) electrons. The highest BCUT2D eigenvalue weighted by atomic mass is 32.1. The summed E-state index contributed by atoms with van der Waals surface area (Å²) in [6.07, 6.45) is 5.77. The van der Waals surface area contributed by atoms with Crippen molar-refractivity contribution >= 4 is 45.6 Å². The van der Waals surface area contributed by atoms with Crippen LogP contribution in [0.4, 0.5) is 0 Å². The van der Waals surface area contributed by atoms with Gasteiger partial charge in [-0.05, 0) is 80.3 Å². The summed E-state index contributed by atoms with van der Waals surface area (Å²) in [6.45, 7) is 6.65. The van der Waals surface area contributed by atoms with Crippen LogP contribution in [0.5, 0.6) is 0 Å². The van der Waals surface area contributed by atoms with Crippen LogP contribution in [-0.2, 0) is 17.7 Å². The van der Waals surface area contributed by atoms with E-state index in [9.17, 15) is 9.59 Å². The number of hydrogen-bond acceptors (Lipinski definition) is 5. The predicted octanol–water partition coefficient (Wildman–Crippen LogP) is 7.04. The van der Waals surface area contributed by atoms with Gasteiger partial charge in [-0.2, -0.15) is 0 Å². The second-order valence-electron chi connectivity index (χ2n) is 9.31. The van der Waals surface area contributed by atoms with Crippen LogP contribution in [0.25, 0.3) is 22.6 Å². The molecule has 184 valence electrons. The van der Waals surface area contributed by atoms with Gasteiger partial charge in [0.05, 0.1) is 16.8 Å². The molecule has 0 saturated carbocycles. The van der Waals surface area contributed by atoms with Crippen molar-refractivity contribution in [3.8, 4) is 0 Å². The number of rotatable bonds is 7. The summed E-state index contributed by atoms with van der Waals surface area (Å²) in [5, 5.41) is 2.83. The molecule has 0 atom stereocenters. The van der Waals surface area contributed by atoms with Gasteiger partial charge in [-0.25, -0.2) is 9.78 Å². The van der Waals surface area contributed by atoms with Crippen molar-refractivity contribution in [2.75, 3.05) is 6.61 Å². The van der Waals surface area contributed by atoms with Crippen LogP contribution in [0.2, 0.25) is 0 Å². The van der Waals surface area contributed by atoms with E-state index in [2.05, 4.69) is 29.0 Å². The normalized spacial score (nSPS) is 14.2. The molecule has 5 nitrogen and oxygen atoms in total. The average molecular weight is 499 g/mol. The molecule has 1 aliphatic rings. The number of Topliss-reactive ketones (excluding diaryl/α,β-unsaturated/α-hetero) is 1. The van der Waals surface area contributed by atoms with E-state index in [1.54, 1.807) is 11.3 Å². The zero-order chi connectivity index (χ0) is 25.2. The summed E-state index contributed by atoms with van der Waals surface area (Å²) >= 11 is 1.69. The Bertz CT molecular complexity index is 1480. The highest BCUT2D eigenvalue weighted by Crippen LogP contribution is 2.37. The number of carbonyl (C=O) groups excluding carboxylic acids is 2. The fraction of sp³-hybridized carbons (Fsp3) is 0.300. The Kier molecular flexibility index (Phi) is 6.88. The molecule has 0 fully saturated rings. The van der Waals surface area contributed by atoms with Crippen molar-refractivity contribution in [3.05, 3.63) is 86.5 Å². The van der Waals surface area contributed by atoms with Gasteiger partial charge in [0.25, 0.3) is 0 Å². The topological polar surface area (TPSA) is 61.2 Å². The summed E-state index contributed by atoms with van der Waals surface area (Å²) in [7, 11) is 0. The molecule has 0 saturated heterocycles. The molecule has 0 spiro atoms. The minimum absolute atomic E-state index is 0.177. The van der Waals surface area contributed by atoms with E-state index in [1.165, 1.54) is 4.88 Å². The van der Waals surface area contributed by atoms with E-state index in [1.807, 2.05) is 50.2 Å². The van der Waals surface area contributed by atoms with Gasteiger partial charge in [-0.3, -0.25) is 4.79 Å². The van der Waals surface area contributed by atoms with Crippen LogP contribution in [0.3, 0.4) is 0 Å². The molecule has 1 aromatic carbocycles. The standard InChI is InChI=1S/C30H30N2O3S/c1-4-14-32-19(2)16-25(20(32)3)27(33)18-35-30(34)28-23-11-5-6-13-26(23)31-29-21(9-7-12-24(28)29)17-22-10-8-15-36-22/h5-6,8,10-11,13,15-17H,4,7,9,12,14,18H2,1-3H3. The number of allylic oxidation sites excluding steroid dienone is 1. The van der Waals surface area contributed by atoms with E-state index >= 15 is 0 Å². The highest BCUT2D eigenvalue weighted by Gasteiger charge is 2.27. The Morgan fingerprint density at radius 2 is 1.97 bits per heavy atom. The maximum atomic E-state index is 13.5. The van der Waals surface area contributed by atoms with Gasteiger partial charge in [0, 0.05) is 33.8 Å². The minimum atomic E-state index is -0.460. The highest BCUT2D eigenvalue weighted by molar-refractivity contribution is 7.10. The molecule has 0 N–H and O–H groups in total. The molecule has 0 bridgehead atoms. The summed E-state index contributed by atoms with van der Waals surface area (Å²) < 4.78 is 7.82. The van der Waals surface area contributed by atoms with Gasteiger partial charge in [0.1, 0.15) is 0 Å². The maximum Gasteiger partial charge on any atom is 0.339 e. The van der Waals surface area contributed by atoms with E-state index in [4.69, 9.17) is 9.72 Å². The number of carbonyl (C=O) groups is 2. The molecule has 1 aliphatic carbocycles. The van der Waals surface area contributed by atoms with Crippen molar-refractivity contribution in [1.29, 1.82) is 0 Å². The molecular formula is C30H30N2O3S. The molecule has 4 aromatic rings. The lowest BCUT2D eigenvalue weighted by molar-refractivity contribution is 0.0475. The zero-order valence-corrected chi connectivity index (χ0v) is 21.8. The Morgan fingerprint density at radius 3 is 2.75 bits per heavy atom. The summed E-state index contributed by atoms with van der Waals surface area (Å²) in [5.41, 5.74) is 6.81. The van der Waals surface area contributed by atoms with E-state index in [-0.39, 0.29) is 12.4 Å². The van der Waals surface area contributed by atoms with E-state index in [0.717, 1.165) is 71.3 Å². The number of ketones is 1. The Labute approximate surface area is 215 Å². The molecule has 6 heteroatoms. The van der Waals surface area contributed by atoms with Gasteiger partial charge in [-0.15, -0.1) is 11.3 Å². The third-order valence-corrected chi connectivity index (χ3v) is 7.71. The molecule has 3 aromatic heterocycles. The summed E-state index contributed by atoms with van der Waals surface area (Å²) in [5.74, 6) is -0.637. The first kappa shape index (κ1) is 24.2. The number of esters is 1. The number of fused-ring (bicyclic) bond motifs is 2. The molecule has 36 heavy (non-hydrogen) atoms. The van der Waals surface area contributed by atoms with E-state index < -0.39 is 5.97 Å². The molecule has 5 rings (SSSR count). The third-order valence-electron chi connectivity index (χ3n) is 6.89. The molecule has 3 heterocycles. The number of aromatic nitrogens is 2. The molecule has 0 amide bonds. The fourth-order valence-electron chi connectivity index (χ4n) is 5.19. The number of nitrogens with zero attached hydrogens (tertiary/aromatic N) is 2. The molecule has 0 unspecified atom stereocenters. The zero-order valence-electron chi connectivity index (χ0n) is 21.0. The van der Waals surface area contributed by atoms with Crippen LogP contribution in [0, 0.1) is 13.8 Å². The quantitative estimate of drug-likeness (QED) is 0.202. The van der Waals surface area contributed by atoms with E-state index in [0.29, 0.717) is 11.1 Å². The van der Waals surface area contributed by atoms with Crippen LogP contribution in [0.1, 0.15) is 74.4 Å². The SMILES string of the molecule is CCCn1c(C)cc(C(=O)COC(=O)c2c3c(nc4ccccc24)C(=Cc2cccs2)CCC3)c1C. The lowest BCUT2D eigenvalue weighted by Crippen LogP contribution is -2.19. The van der Waals surface area contributed by atoms with Crippen molar-refractivity contribution in [1.82, 2.24) is 9.55 Å². The predicted molar refractivity (Wildman–Crippen MR) is 146 cm³/mol. The van der Waals surface area contributed by atoms with Crippen LogP contribution >= 0.6 is 11.3 Å². The first-order valence-electron chi connectivity index (χ1n) is 12.5. The van der Waals surface area contributed by atoms with Crippen molar-refractivity contribution in [3.63, 3.8) is 0 Å². The monoisotopic (exact) mass is 498 g/mol. The van der Waals surface area contributed by atoms with Crippen molar-refractivity contribution < 1.29 is 14.3 Å². The number of hydrogen-bond donors (Lipinski definition) is 0. The van der Waals surface area contributed by atoms with Crippen molar-refractivity contribution in [2.24, 2.45) is 0 Å².